The molecular weight excluding hydrogens is 258 g/mol. The minimum atomic E-state index is -0.921. The molecule has 1 N–H and O–H groups in total. The van der Waals surface area contributed by atoms with Crippen molar-refractivity contribution in [1.29, 1.82) is 0 Å². The number of nitrogens with zero attached hydrogens (tertiary/aromatic N) is 3. The van der Waals surface area contributed by atoms with Crippen LogP contribution in [0.5, 0.6) is 0 Å². The highest BCUT2D eigenvalue weighted by molar-refractivity contribution is 5.87. The highest BCUT2D eigenvalue weighted by Gasteiger charge is 2.46. The number of carbonyl (C=O) groups is 2. The fourth-order valence-electron chi connectivity index (χ4n) is 2.93. The molecule has 1 saturated heterocycles. The number of carboxylic acids is 1. The summed E-state index contributed by atoms with van der Waals surface area (Å²) in [5, 5.41) is 13.7. The van der Waals surface area contributed by atoms with E-state index >= 15 is 0 Å². The zero-order valence-electron chi connectivity index (χ0n) is 12.1. The maximum absolute atomic E-state index is 12.1. The molecule has 0 spiro atoms. The van der Waals surface area contributed by atoms with Crippen molar-refractivity contribution in [2.75, 3.05) is 0 Å². The Labute approximate surface area is 118 Å². The minimum Gasteiger partial charge on any atom is -0.481 e. The third kappa shape index (κ3) is 2.42. The van der Waals surface area contributed by atoms with E-state index in [1.54, 1.807) is 11.1 Å². The smallest absolute Gasteiger partial charge is 0.309 e. The van der Waals surface area contributed by atoms with E-state index in [1.165, 1.54) is 0 Å². The van der Waals surface area contributed by atoms with Gasteiger partial charge in [-0.3, -0.25) is 14.3 Å². The van der Waals surface area contributed by atoms with Gasteiger partial charge in [-0.2, -0.15) is 5.10 Å². The van der Waals surface area contributed by atoms with Crippen LogP contribution in [0.2, 0.25) is 0 Å². The van der Waals surface area contributed by atoms with Crippen molar-refractivity contribution in [2.45, 2.75) is 52.2 Å². The summed E-state index contributed by atoms with van der Waals surface area (Å²) in [5.74, 6) is -1.71. The van der Waals surface area contributed by atoms with E-state index in [-0.39, 0.29) is 18.4 Å². The van der Waals surface area contributed by atoms with Gasteiger partial charge in [-0.05, 0) is 26.3 Å². The summed E-state index contributed by atoms with van der Waals surface area (Å²) in [4.78, 5) is 25.3. The molecule has 0 saturated carbocycles. The number of carboxylic acid groups (broad SMARTS) is 1. The van der Waals surface area contributed by atoms with Crippen LogP contribution in [0.15, 0.2) is 12.3 Å². The second kappa shape index (κ2) is 5.64. The largest absolute Gasteiger partial charge is 0.481 e. The lowest BCUT2D eigenvalue weighted by molar-refractivity contribution is -0.142. The number of carbonyl (C=O) groups excluding carboxylic acids is 1. The molecule has 2 unspecified atom stereocenters. The van der Waals surface area contributed by atoms with E-state index in [9.17, 15) is 14.7 Å². The molecule has 1 amide bonds. The first-order valence-corrected chi connectivity index (χ1v) is 7.03. The molecule has 1 aliphatic rings. The Morgan fingerprint density at radius 3 is 2.80 bits per heavy atom. The van der Waals surface area contributed by atoms with Crippen LogP contribution in [-0.4, -0.2) is 37.7 Å². The first-order chi connectivity index (χ1) is 9.47. The summed E-state index contributed by atoms with van der Waals surface area (Å²) in [6.07, 6.45) is 2.65. The van der Waals surface area contributed by atoms with Gasteiger partial charge in [-0.15, -0.1) is 0 Å². The number of hydrogen-bond donors (Lipinski definition) is 1. The van der Waals surface area contributed by atoms with Gasteiger partial charge in [0, 0.05) is 25.2 Å². The standard InChI is InChI=1S/C14H21N3O3/c1-4-7-16-11(5-6-15-16)13-10(14(19)20)8-12(18)17(13)9(2)3/h5-6,9-10,13H,4,7-8H2,1-3H3,(H,19,20). The molecule has 2 rings (SSSR count). The molecule has 2 heterocycles. The van der Waals surface area contributed by atoms with Crippen molar-refractivity contribution in [3.8, 4) is 0 Å². The highest BCUT2D eigenvalue weighted by atomic mass is 16.4. The lowest BCUT2D eigenvalue weighted by Gasteiger charge is -2.30. The summed E-state index contributed by atoms with van der Waals surface area (Å²) in [6, 6.07) is 1.38. The third-order valence-corrected chi connectivity index (χ3v) is 3.72. The van der Waals surface area contributed by atoms with Crippen molar-refractivity contribution in [3.05, 3.63) is 18.0 Å². The first kappa shape index (κ1) is 14.6. The molecule has 6 heteroatoms. The maximum atomic E-state index is 12.1. The number of aromatic nitrogens is 2. The Balaban J connectivity index is 2.44. The van der Waals surface area contributed by atoms with Crippen LogP contribution < -0.4 is 0 Å². The Morgan fingerprint density at radius 2 is 2.25 bits per heavy atom. The van der Waals surface area contributed by atoms with Crippen molar-refractivity contribution < 1.29 is 14.7 Å². The van der Waals surface area contributed by atoms with Gasteiger partial charge in [0.1, 0.15) is 0 Å². The summed E-state index contributed by atoms with van der Waals surface area (Å²) in [5.41, 5.74) is 0.818. The van der Waals surface area contributed by atoms with Gasteiger partial charge >= 0.3 is 5.97 Å². The molecule has 20 heavy (non-hydrogen) atoms. The second-order valence-corrected chi connectivity index (χ2v) is 5.47. The topological polar surface area (TPSA) is 75.4 Å². The molecule has 1 aliphatic heterocycles. The van der Waals surface area contributed by atoms with E-state index in [4.69, 9.17) is 0 Å². The molecule has 1 aromatic rings. The van der Waals surface area contributed by atoms with Crippen molar-refractivity contribution in [1.82, 2.24) is 14.7 Å². The van der Waals surface area contributed by atoms with Gasteiger partial charge < -0.3 is 10.0 Å². The van der Waals surface area contributed by atoms with Crippen molar-refractivity contribution in [3.63, 3.8) is 0 Å². The molecule has 0 aromatic carbocycles. The van der Waals surface area contributed by atoms with Gasteiger partial charge in [-0.25, -0.2) is 0 Å². The number of aliphatic carboxylic acids is 1. The zero-order chi connectivity index (χ0) is 14.9. The van der Waals surface area contributed by atoms with Crippen molar-refractivity contribution in [2.24, 2.45) is 5.92 Å². The molecule has 0 bridgehead atoms. The van der Waals surface area contributed by atoms with Gasteiger partial charge in [-0.1, -0.05) is 6.92 Å². The fourth-order valence-corrected chi connectivity index (χ4v) is 2.93. The SMILES string of the molecule is CCCn1nccc1C1C(C(=O)O)CC(=O)N1C(C)C. The van der Waals surface area contributed by atoms with Crippen LogP contribution in [0.1, 0.15) is 45.3 Å². The maximum Gasteiger partial charge on any atom is 0.309 e. The molecule has 0 aliphatic carbocycles. The van der Waals surface area contributed by atoms with E-state index in [0.717, 1.165) is 18.7 Å². The molecule has 1 fully saturated rings. The lowest BCUT2D eigenvalue weighted by Crippen LogP contribution is -2.37. The Hall–Kier alpha value is -1.85. The predicted molar refractivity (Wildman–Crippen MR) is 73.0 cm³/mol. The lowest BCUT2D eigenvalue weighted by atomic mass is 9.97. The average Bonchev–Trinajstić information content (AvgIpc) is 2.93. The predicted octanol–water partition coefficient (Wildman–Crippen LogP) is 1.68. The summed E-state index contributed by atoms with van der Waals surface area (Å²) >= 11 is 0. The normalized spacial score (nSPS) is 22.8. The Bertz CT molecular complexity index is 510. The van der Waals surface area contributed by atoms with Crippen LogP contribution >= 0.6 is 0 Å². The fraction of sp³-hybridized carbons (Fsp3) is 0.643. The van der Waals surface area contributed by atoms with E-state index < -0.39 is 17.9 Å². The van der Waals surface area contributed by atoms with Crippen molar-refractivity contribution >= 4 is 11.9 Å². The average molecular weight is 279 g/mol. The van der Waals surface area contributed by atoms with Crippen LogP contribution in [-0.2, 0) is 16.1 Å². The number of aryl methyl sites for hydroxylation is 1. The minimum absolute atomic E-state index is 0.0261. The van der Waals surface area contributed by atoms with E-state index in [0.29, 0.717) is 0 Å². The quantitative estimate of drug-likeness (QED) is 0.889. The number of rotatable bonds is 5. The van der Waals surface area contributed by atoms with E-state index in [1.807, 2.05) is 31.5 Å². The van der Waals surface area contributed by atoms with Gasteiger partial charge in [0.15, 0.2) is 0 Å². The molecule has 110 valence electrons. The first-order valence-electron chi connectivity index (χ1n) is 7.03. The Morgan fingerprint density at radius 1 is 1.55 bits per heavy atom. The molecule has 2 atom stereocenters. The summed E-state index contributed by atoms with van der Waals surface area (Å²) in [6.45, 7) is 6.59. The molecule has 0 radical (unpaired) electrons. The second-order valence-electron chi connectivity index (χ2n) is 5.47. The summed E-state index contributed by atoms with van der Waals surface area (Å²) in [7, 11) is 0. The van der Waals surface area contributed by atoms with Gasteiger partial charge in [0.05, 0.1) is 17.7 Å². The number of hydrogen-bond acceptors (Lipinski definition) is 3. The van der Waals surface area contributed by atoms with Crippen LogP contribution in [0.25, 0.3) is 0 Å². The molecule has 1 aromatic heterocycles. The van der Waals surface area contributed by atoms with Crippen LogP contribution in [0.4, 0.5) is 0 Å². The van der Waals surface area contributed by atoms with E-state index in [2.05, 4.69) is 5.10 Å². The summed E-state index contributed by atoms with van der Waals surface area (Å²) < 4.78 is 1.81. The molecule has 6 nitrogen and oxygen atoms in total. The van der Waals surface area contributed by atoms with Crippen LogP contribution in [0.3, 0.4) is 0 Å². The Kier molecular flexibility index (Phi) is 4.11. The number of likely N-dealkylation sites (tertiary alicyclic amines) is 1. The molecular formula is C14H21N3O3. The number of amides is 1. The van der Waals surface area contributed by atoms with Crippen LogP contribution in [0, 0.1) is 5.92 Å². The zero-order valence-corrected chi connectivity index (χ0v) is 12.1. The van der Waals surface area contributed by atoms with Gasteiger partial charge in [0.25, 0.3) is 0 Å². The monoisotopic (exact) mass is 279 g/mol. The highest BCUT2D eigenvalue weighted by Crippen LogP contribution is 2.39. The third-order valence-electron chi connectivity index (χ3n) is 3.72. The van der Waals surface area contributed by atoms with Gasteiger partial charge in [0.2, 0.25) is 5.91 Å².